The summed E-state index contributed by atoms with van der Waals surface area (Å²) in [5.41, 5.74) is 2.46. The molecular formula is C14H9BrN2O. The maximum absolute atomic E-state index is 11.0. The predicted octanol–water partition coefficient (Wildman–Crippen LogP) is 3.58. The summed E-state index contributed by atoms with van der Waals surface area (Å²) >= 11 is 3.52. The minimum Gasteiger partial charge on any atom is -0.299 e. The number of rotatable bonds is 2. The summed E-state index contributed by atoms with van der Waals surface area (Å²) in [6, 6.07) is 11.5. The molecule has 88 valence electrons. The molecule has 0 aliphatic heterocycles. The van der Waals surface area contributed by atoms with Crippen molar-refractivity contribution in [3.63, 3.8) is 0 Å². The van der Waals surface area contributed by atoms with Crippen LogP contribution in [0, 0.1) is 0 Å². The van der Waals surface area contributed by atoms with Gasteiger partial charge < -0.3 is 0 Å². The van der Waals surface area contributed by atoms with E-state index in [9.17, 15) is 4.79 Å². The van der Waals surface area contributed by atoms with Crippen molar-refractivity contribution in [1.82, 2.24) is 9.38 Å². The lowest BCUT2D eigenvalue weighted by Gasteiger charge is -2.04. The molecule has 4 heteroatoms. The second-order valence-corrected chi connectivity index (χ2v) is 4.75. The van der Waals surface area contributed by atoms with Gasteiger partial charge in [-0.05, 0) is 18.2 Å². The molecule has 1 aromatic carbocycles. The number of hydrogen-bond acceptors (Lipinski definition) is 2. The van der Waals surface area contributed by atoms with Gasteiger partial charge in [0.15, 0.2) is 6.29 Å². The number of carbonyl (C=O) groups is 1. The first-order chi connectivity index (χ1) is 8.81. The van der Waals surface area contributed by atoms with E-state index in [0.29, 0.717) is 5.56 Å². The third-order valence-corrected chi connectivity index (χ3v) is 3.54. The molecule has 0 saturated heterocycles. The second-order valence-electron chi connectivity index (χ2n) is 3.90. The first kappa shape index (κ1) is 11.2. The van der Waals surface area contributed by atoms with E-state index in [4.69, 9.17) is 0 Å². The quantitative estimate of drug-likeness (QED) is 0.678. The van der Waals surface area contributed by atoms with E-state index in [0.717, 1.165) is 27.7 Å². The van der Waals surface area contributed by atoms with Crippen molar-refractivity contribution in [2.75, 3.05) is 0 Å². The number of hydrogen-bond donors (Lipinski definition) is 0. The number of carbonyl (C=O) groups excluding carboxylic acids is 1. The van der Waals surface area contributed by atoms with Crippen LogP contribution in [-0.2, 0) is 0 Å². The van der Waals surface area contributed by atoms with Crippen LogP contribution in [-0.4, -0.2) is 15.7 Å². The summed E-state index contributed by atoms with van der Waals surface area (Å²) in [6.45, 7) is 0. The highest BCUT2D eigenvalue weighted by atomic mass is 79.9. The molecule has 3 nitrogen and oxygen atoms in total. The molecule has 3 aromatic rings. The molecule has 3 rings (SSSR count). The van der Waals surface area contributed by atoms with Crippen molar-refractivity contribution in [1.29, 1.82) is 0 Å². The normalized spacial score (nSPS) is 10.7. The van der Waals surface area contributed by atoms with Gasteiger partial charge in [-0.1, -0.05) is 34.1 Å². The zero-order valence-corrected chi connectivity index (χ0v) is 11.0. The van der Waals surface area contributed by atoms with Crippen molar-refractivity contribution in [3.8, 4) is 11.4 Å². The molecule has 2 aromatic heterocycles. The van der Waals surface area contributed by atoms with Crippen LogP contribution in [0.4, 0.5) is 0 Å². The third kappa shape index (κ3) is 1.66. The summed E-state index contributed by atoms with van der Waals surface area (Å²) in [5, 5.41) is 0. The van der Waals surface area contributed by atoms with Crippen LogP contribution in [0.2, 0.25) is 0 Å². The van der Waals surface area contributed by atoms with E-state index < -0.39 is 0 Å². The van der Waals surface area contributed by atoms with E-state index in [-0.39, 0.29) is 0 Å². The van der Waals surface area contributed by atoms with E-state index in [1.807, 2.05) is 40.9 Å². The van der Waals surface area contributed by atoms with Gasteiger partial charge >= 0.3 is 0 Å². The smallest absolute Gasteiger partial charge is 0.152 e. The van der Waals surface area contributed by atoms with Crippen LogP contribution in [0.5, 0.6) is 0 Å². The Hall–Kier alpha value is -1.94. The highest BCUT2D eigenvalue weighted by Gasteiger charge is 2.10. The Morgan fingerprint density at radius 1 is 1.17 bits per heavy atom. The lowest BCUT2D eigenvalue weighted by atomic mass is 10.2. The maximum atomic E-state index is 11.0. The fourth-order valence-corrected chi connectivity index (χ4v) is 2.45. The summed E-state index contributed by atoms with van der Waals surface area (Å²) in [4.78, 5) is 15.4. The Morgan fingerprint density at radius 3 is 2.78 bits per heavy atom. The topological polar surface area (TPSA) is 34.4 Å². The molecule has 2 heterocycles. The van der Waals surface area contributed by atoms with Gasteiger partial charge in [-0.3, -0.25) is 9.20 Å². The minimum absolute atomic E-state index is 0.642. The van der Waals surface area contributed by atoms with Gasteiger partial charge in [0.05, 0.1) is 11.7 Å². The number of halogens is 1. The van der Waals surface area contributed by atoms with E-state index in [2.05, 4.69) is 20.9 Å². The second kappa shape index (κ2) is 4.38. The molecule has 0 radical (unpaired) electrons. The lowest BCUT2D eigenvalue weighted by molar-refractivity contribution is 0.112. The van der Waals surface area contributed by atoms with Crippen molar-refractivity contribution in [3.05, 3.63) is 58.8 Å². The summed E-state index contributed by atoms with van der Waals surface area (Å²) in [5.74, 6) is 0.821. The zero-order valence-electron chi connectivity index (χ0n) is 9.38. The van der Waals surface area contributed by atoms with Gasteiger partial charge in [0.1, 0.15) is 5.82 Å². The van der Waals surface area contributed by atoms with Crippen LogP contribution in [0.25, 0.3) is 16.9 Å². The van der Waals surface area contributed by atoms with Gasteiger partial charge in [0.2, 0.25) is 0 Å². The molecule has 0 saturated carbocycles. The van der Waals surface area contributed by atoms with E-state index in [1.165, 1.54) is 0 Å². The Balaban J connectivity index is 2.32. The fraction of sp³-hybridized carbons (Fsp3) is 0. The number of nitrogens with zero attached hydrogens (tertiary/aromatic N) is 2. The lowest BCUT2D eigenvalue weighted by Crippen LogP contribution is -1.92. The van der Waals surface area contributed by atoms with Gasteiger partial charge in [-0.15, -0.1) is 0 Å². The van der Waals surface area contributed by atoms with Crippen LogP contribution >= 0.6 is 15.9 Å². The van der Waals surface area contributed by atoms with Crippen LogP contribution in [0.3, 0.4) is 0 Å². The van der Waals surface area contributed by atoms with E-state index in [1.54, 1.807) is 12.3 Å². The maximum Gasteiger partial charge on any atom is 0.152 e. The zero-order chi connectivity index (χ0) is 12.5. The minimum atomic E-state index is 0.642. The predicted molar refractivity (Wildman–Crippen MR) is 73.7 cm³/mol. The summed E-state index contributed by atoms with van der Waals surface area (Å²) in [7, 11) is 0. The van der Waals surface area contributed by atoms with Crippen LogP contribution in [0.15, 0.2) is 53.3 Å². The van der Waals surface area contributed by atoms with Crippen molar-refractivity contribution in [2.24, 2.45) is 0 Å². The highest BCUT2D eigenvalue weighted by molar-refractivity contribution is 9.10. The number of aromatic nitrogens is 2. The fourth-order valence-electron chi connectivity index (χ4n) is 1.98. The summed E-state index contributed by atoms with van der Waals surface area (Å²) in [6.07, 6.45) is 4.48. The average molecular weight is 301 g/mol. The Labute approximate surface area is 112 Å². The number of pyridine rings is 1. The highest BCUT2D eigenvalue weighted by Crippen LogP contribution is 2.27. The molecule has 0 aliphatic rings. The summed E-state index contributed by atoms with van der Waals surface area (Å²) < 4.78 is 2.90. The number of benzene rings is 1. The third-order valence-electron chi connectivity index (χ3n) is 2.85. The Kier molecular flexibility index (Phi) is 2.72. The standard InChI is InChI=1S/C14H9BrN2O/c15-12-6-2-1-5-11(12)14-16-8-13-10(9-18)4-3-7-17(13)14/h1-9H. The molecule has 0 unspecified atom stereocenters. The van der Waals surface area contributed by atoms with Gasteiger partial charge in [-0.2, -0.15) is 0 Å². The average Bonchev–Trinajstić information content (AvgIpc) is 2.83. The first-order valence-corrected chi connectivity index (χ1v) is 6.26. The van der Waals surface area contributed by atoms with Gasteiger partial charge in [0, 0.05) is 21.8 Å². The van der Waals surface area contributed by atoms with Crippen molar-refractivity contribution in [2.45, 2.75) is 0 Å². The molecule has 0 spiro atoms. The molecule has 0 aliphatic carbocycles. The molecule has 0 bridgehead atoms. The van der Waals surface area contributed by atoms with Gasteiger partial charge in [-0.25, -0.2) is 4.98 Å². The van der Waals surface area contributed by atoms with Crippen LogP contribution in [0.1, 0.15) is 10.4 Å². The Bertz CT molecular complexity index is 733. The molecule has 18 heavy (non-hydrogen) atoms. The molecule has 0 atom stereocenters. The number of imidazole rings is 1. The van der Waals surface area contributed by atoms with Crippen molar-refractivity contribution >= 4 is 27.7 Å². The monoisotopic (exact) mass is 300 g/mol. The molecule has 0 amide bonds. The van der Waals surface area contributed by atoms with Crippen LogP contribution < -0.4 is 0 Å². The SMILES string of the molecule is O=Cc1cccn2c(-c3ccccc3Br)ncc12. The van der Waals surface area contributed by atoms with Crippen molar-refractivity contribution < 1.29 is 4.79 Å². The molecule has 0 fully saturated rings. The first-order valence-electron chi connectivity index (χ1n) is 5.47. The number of aldehydes is 1. The molecular weight excluding hydrogens is 292 g/mol. The Morgan fingerprint density at radius 2 is 2.00 bits per heavy atom. The largest absolute Gasteiger partial charge is 0.299 e. The van der Waals surface area contributed by atoms with E-state index >= 15 is 0 Å². The van der Waals surface area contributed by atoms with Gasteiger partial charge in [0.25, 0.3) is 0 Å². The molecule has 0 N–H and O–H groups in total. The number of fused-ring (bicyclic) bond motifs is 1.